The molecule has 4 heteroatoms. The summed E-state index contributed by atoms with van der Waals surface area (Å²) < 4.78 is 2.83. The molecule has 0 aliphatic heterocycles. The fourth-order valence-electron chi connectivity index (χ4n) is 1.42. The predicted octanol–water partition coefficient (Wildman–Crippen LogP) is 3.26. The van der Waals surface area contributed by atoms with Crippen LogP contribution in [0.4, 0.5) is 0 Å². The van der Waals surface area contributed by atoms with Gasteiger partial charge in [-0.1, -0.05) is 11.6 Å². The monoisotopic (exact) mass is 226 g/mol. The molecule has 0 aliphatic carbocycles. The van der Waals surface area contributed by atoms with E-state index in [2.05, 4.69) is 18.1 Å². The molecule has 74 valence electrons. The average Bonchev–Trinajstić information content (AvgIpc) is 2.61. The van der Waals surface area contributed by atoms with Gasteiger partial charge in [-0.2, -0.15) is 5.10 Å². The highest BCUT2D eigenvalue weighted by Crippen LogP contribution is 2.22. The first-order valence-electron chi connectivity index (χ1n) is 4.40. The van der Waals surface area contributed by atoms with Crippen LogP contribution < -0.4 is 0 Å². The maximum atomic E-state index is 5.86. The third-order valence-corrected chi connectivity index (χ3v) is 3.25. The summed E-state index contributed by atoms with van der Waals surface area (Å²) in [7, 11) is 0. The van der Waals surface area contributed by atoms with Crippen molar-refractivity contribution >= 4 is 22.9 Å². The van der Waals surface area contributed by atoms with Crippen LogP contribution in [-0.2, 0) is 6.54 Å². The number of hydrogen-bond acceptors (Lipinski definition) is 2. The first-order valence-corrected chi connectivity index (χ1v) is 5.60. The summed E-state index contributed by atoms with van der Waals surface area (Å²) in [6.45, 7) is 4.89. The number of rotatable bonds is 2. The van der Waals surface area contributed by atoms with Gasteiger partial charge in [0.1, 0.15) is 0 Å². The Kier molecular flexibility index (Phi) is 2.61. The molecule has 0 bridgehead atoms. The van der Waals surface area contributed by atoms with Crippen molar-refractivity contribution in [3.05, 3.63) is 38.8 Å². The third-order valence-electron chi connectivity index (χ3n) is 2.04. The summed E-state index contributed by atoms with van der Waals surface area (Å²) >= 11 is 7.47. The van der Waals surface area contributed by atoms with Gasteiger partial charge in [-0.25, -0.2) is 0 Å². The van der Waals surface area contributed by atoms with E-state index in [1.165, 1.54) is 10.6 Å². The highest BCUT2D eigenvalue weighted by Gasteiger charge is 2.03. The molecule has 2 nitrogen and oxygen atoms in total. The maximum Gasteiger partial charge on any atom is 0.0931 e. The van der Waals surface area contributed by atoms with Gasteiger partial charge in [-0.15, -0.1) is 11.3 Å². The summed E-state index contributed by atoms with van der Waals surface area (Å²) in [5.41, 5.74) is 2.25. The molecule has 0 saturated carbocycles. The van der Waals surface area contributed by atoms with Crippen molar-refractivity contribution in [2.75, 3.05) is 0 Å². The second-order valence-corrected chi connectivity index (χ2v) is 5.09. The first-order chi connectivity index (χ1) is 6.65. The maximum absolute atomic E-state index is 5.86. The highest BCUT2D eigenvalue weighted by atomic mass is 35.5. The standard InChI is InChI=1S/C10H11ClN2S/c1-7-5-8(2)13(12-7)6-9-3-4-10(11)14-9/h3-5H,6H2,1-2H3. The van der Waals surface area contributed by atoms with Gasteiger partial charge in [0.2, 0.25) is 0 Å². The second kappa shape index (κ2) is 3.75. The van der Waals surface area contributed by atoms with E-state index in [1.54, 1.807) is 11.3 Å². The van der Waals surface area contributed by atoms with Gasteiger partial charge in [-0.3, -0.25) is 4.68 Å². The van der Waals surface area contributed by atoms with Crippen LogP contribution in [-0.4, -0.2) is 9.78 Å². The van der Waals surface area contributed by atoms with Crippen LogP contribution >= 0.6 is 22.9 Å². The molecule has 0 N–H and O–H groups in total. The lowest BCUT2D eigenvalue weighted by molar-refractivity contribution is 0.666. The topological polar surface area (TPSA) is 17.8 Å². The van der Waals surface area contributed by atoms with E-state index in [1.807, 2.05) is 23.7 Å². The zero-order valence-electron chi connectivity index (χ0n) is 8.12. The number of aromatic nitrogens is 2. The molecule has 0 atom stereocenters. The molecule has 0 aliphatic rings. The quantitative estimate of drug-likeness (QED) is 0.769. The number of nitrogens with zero attached hydrogens (tertiary/aromatic N) is 2. The van der Waals surface area contributed by atoms with Gasteiger partial charge in [-0.05, 0) is 32.0 Å². The lowest BCUT2D eigenvalue weighted by Gasteiger charge is -2.00. The smallest absolute Gasteiger partial charge is 0.0931 e. The summed E-state index contributed by atoms with van der Waals surface area (Å²) in [5, 5.41) is 4.40. The normalized spacial score (nSPS) is 10.8. The molecule has 0 spiro atoms. The van der Waals surface area contributed by atoms with Crippen molar-refractivity contribution in [3.63, 3.8) is 0 Å². The van der Waals surface area contributed by atoms with E-state index >= 15 is 0 Å². The van der Waals surface area contributed by atoms with Gasteiger partial charge in [0.05, 0.1) is 16.6 Å². The van der Waals surface area contributed by atoms with Crippen LogP contribution in [0.2, 0.25) is 4.34 Å². The molecule has 0 fully saturated rings. The molecule has 2 rings (SSSR count). The van der Waals surface area contributed by atoms with Gasteiger partial charge < -0.3 is 0 Å². The Balaban J connectivity index is 2.22. The summed E-state index contributed by atoms with van der Waals surface area (Å²) in [4.78, 5) is 1.24. The van der Waals surface area contributed by atoms with Crippen molar-refractivity contribution < 1.29 is 0 Å². The molecule has 2 aromatic heterocycles. The molecule has 0 radical (unpaired) electrons. The number of hydrogen-bond donors (Lipinski definition) is 0. The Labute approximate surface area is 92.1 Å². The van der Waals surface area contributed by atoms with Gasteiger partial charge in [0.15, 0.2) is 0 Å². The van der Waals surface area contributed by atoms with E-state index in [0.717, 1.165) is 16.6 Å². The van der Waals surface area contributed by atoms with Crippen molar-refractivity contribution in [3.8, 4) is 0 Å². The van der Waals surface area contributed by atoms with Crippen molar-refractivity contribution in [2.45, 2.75) is 20.4 Å². The fraction of sp³-hybridized carbons (Fsp3) is 0.300. The van der Waals surface area contributed by atoms with E-state index in [4.69, 9.17) is 11.6 Å². The van der Waals surface area contributed by atoms with E-state index in [0.29, 0.717) is 0 Å². The SMILES string of the molecule is Cc1cc(C)n(Cc2ccc(Cl)s2)n1. The molecular weight excluding hydrogens is 216 g/mol. The molecule has 14 heavy (non-hydrogen) atoms. The lowest BCUT2D eigenvalue weighted by Crippen LogP contribution is -2.02. The zero-order valence-corrected chi connectivity index (χ0v) is 9.69. The van der Waals surface area contributed by atoms with E-state index in [-0.39, 0.29) is 0 Å². The fourth-order valence-corrected chi connectivity index (χ4v) is 2.49. The lowest BCUT2D eigenvalue weighted by atomic mass is 10.4. The van der Waals surface area contributed by atoms with Gasteiger partial charge in [0.25, 0.3) is 0 Å². The molecule has 0 aromatic carbocycles. The minimum atomic E-state index is 0.817. The predicted molar refractivity (Wildman–Crippen MR) is 60.1 cm³/mol. The minimum absolute atomic E-state index is 0.817. The van der Waals surface area contributed by atoms with Crippen LogP contribution in [0.25, 0.3) is 0 Å². The Morgan fingerprint density at radius 1 is 1.43 bits per heavy atom. The van der Waals surface area contributed by atoms with Crippen LogP contribution in [0, 0.1) is 13.8 Å². The number of thiophene rings is 1. The number of halogens is 1. The molecule has 0 saturated heterocycles. The number of aryl methyl sites for hydroxylation is 2. The molecule has 0 unspecified atom stereocenters. The van der Waals surface area contributed by atoms with Crippen LogP contribution in [0.3, 0.4) is 0 Å². The largest absolute Gasteiger partial charge is 0.264 e. The van der Waals surface area contributed by atoms with Crippen LogP contribution in [0.5, 0.6) is 0 Å². The first kappa shape index (κ1) is 9.74. The molecular formula is C10H11ClN2S. The summed E-state index contributed by atoms with van der Waals surface area (Å²) in [6.07, 6.45) is 0. The zero-order chi connectivity index (χ0) is 10.1. The van der Waals surface area contributed by atoms with Crippen LogP contribution in [0.15, 0.2) is 18.2 Å². The Morgan fingerprint density at radius 3 is 2.71 bits per heavy atom. The highest BCUT2D eigenvalue weighted by molar-refractivity contribution is 7.16. The molecule has 2 heterocycles. The third kappa shape index (κ3) is 1.99. The Hall–Kier alpha value is -0.800. The molecule has 0 amide bonds. The van der Waals surface area contributed by atoms with Gasteiger partial charge in [0, 0.05) is 10.6 Å². The summed E-state index contributed by atoms with van der Waals surface area (Å²) in [5.74, 6) is 0. The van der Waals surface area contributed by atoms with E-state index in [9.17, 15) is 0 Å². The van der Waals surface area contributed by atoms with Crippen LogP contribution in [0.1, 0.15) is 16.3 Å². The van der Waals surface area contributed by atoms with Crippen molar-refractivity contribution in [1.29, 1.82) is 0 Å². The summed E-state index contributed by atoms with van der Waals surface area (Å²) in [6, 6.07) is 6.05. The van der Waals surface area contributed by atoms with Crippen molar-refractivity contribution in [2.24, 2.45) is 0 Å². The van der Waals surface area contributed by atoms with E-state index < -0.39 is 0 Å². The molecule has 2 aromatic rings. The minimum Gasteiger partial charge on any atom is -0.264 e. The Bertz CT molecular complexity index is 445. The van der Waals surface area contributed by atoms with Gasteiger partial charge >= 0.3 is 0 Å². The second-order valence-electron chi connectivity index (χ2n) is 3.29. The average molecular weight is 227 g/mol. The Morgan fingerprint density at radius 2 is 2.21 bits per heavy atom. The van der Waals surface area contributed by atoms with Crippen molar-refractivity contribution in [1.82, 2.24) is 9.78 Å².